The first-order valence-electron chi connectivity index (χ1n) is 11.3. The van der Waals surface area contributed by atoms with E-state index in [4.69, 9.17) is 0 Å². The van der Waals surface area contributed by atoms with Gasteiger partial charge in [0.1, 0.15) is 0 Å². The third-order valence-electron chi connectivity index (χ3n) is 6.44. The number of amides is 2. The van der Waals surface area contributed by atoms with Gasteiger partial charge < -0.3 is 15.1 Å². The predicted octanol–water partition coefficient (Wildman–Crippen LogP) is 3.55. The second-order valence-electron chi connectivity index (χ2n) is 9.31. The average molecular weight is 470 g/mol. The zero-order valence-electron chi connectivity index (χ0n) is 19.6. The highest BCUT2D eigenvalue weighted by Gasteiger charge is 2.37. The first-order valence-corrected chi connectivity index (χ1v) is 12.9. The number of hydrogen-bond donors (Lipinski definition) is 1. The van der Waals surface area contributed by atoms with Gasteiger partial charge in [-0.05, 0) is 74.6 Å². The lowest BCUT2D eigenvalue weighted by molar-refractivity contribution is -0.119. The van der Waals surface area contributed by atoms with Gasteiger partial charge in [-0.15, -0.1) is 0 Å². The van der Waals surface area contributed by atoms with Gasteiger partial charge in [0.2, 0.25) is 11.8 Å². The Kier molecular flexibility index (Phi) is 6.22. The van der Waals surface area contributed by atoms with E-state index >= 15 is 0 Å². The molecule has 4 rings (SSSR count). The Bertz CT molecular complexity index is 1200. The maximum absolute atomic E-state index is 13.2. The lowest BCUT2D eigenvalue weighted by Crippen LogP contribution is -2.30. The summed E-state index contributed by atoms with van der Waals surface area (Å²) in [5.74, 6) is -0.0786. The zero-order chi connectivity index (χ0) is 23.9. The number of anilines is 3. The summed E-state index contributed by atoms with van der Waals surface area (Å²) in [6, 6.07) is 10.6. The van der Waals surface area contributed by atoms with E-state index in [1.165, 1.54) is 0 Å². The molecule has 2 aliphatic rings. The van der Waals surface area contributed by atoms with E-state index < -0.39 is 15.1 Å². The van der Waals surface area contributed by atoms with Crippen LogP contribution in [0.3, 0.4) is 0 Å². The quantitative estimate of drug-likeness (QED) is 0.670. The van der Waals surface area contributed by atoms with E-state index in [0.29, 0.717) is 18.7 Å². The number of benzene rings is 2. The minimum absolute atomic E-state index is 0.125. The van der Waals surface area contributed by atoms with E-state index in [1.54, 1.807) is 30.0 Å². The van der Waals surface area contributed by atoms with Crippen LogP contribution in [0.2, 0.25) is 0 Å². The molecule has 2 aromatic rings. The Morgan fingerprint density at radius 3 is 2.55 bits per heavy atom. The van der Waals surface area contributed by atoms with E-state index in [2.05, 4.69) is 5.32 Å². The summed E-state index contributed by atoms with van der Waals surface area (Å²) in [6.45, 7) is 4.15. The SMILES string of the molecule is Cc1ccc(NC(=O)C[C@@H](C)S(=O)(=O)c2ccc3c(c2)CCN3C(=O)C2CC2)cc1N(C)C. The molecule has 1 aliphatic carbocycles. The Morgan fingerprint density at radius 1 is 1.15 bits per heavy atom. The molecule has 176 valence electrons. The molecule has 33 heavy (non-hydrogen) atoms. The molecule has 1 aliphatic heterocycles. The maximum atomic E-state index is 13.2. The van der Waals surface area contributed by atoms with Crippen molar-refractivity contribution in [2.45, 2.75) is 49.7 Å². The largest absolute Gasteiger partial charge is 0.377 e. The molecule has 0 spiro atoms. The predicted molar refractivity (Wildman–Crippen MR) is 131 cm³/mol. The summed E-state index contributed by atoms with van der Waals surface area (Å²) in [6.07, 6.45) is 2.38. The summed E-state index contributed by atoms with van der Waals surface area (Å²) in [5, 5.41) is 1.95. The van der Waals surface area contributed by atoms with Crippen molar-refractivity contribution in [2.75, 3.05) is 35.8 Å². The highest BCUT2D eigenvalue weighted by molar-refractivity contribution is 7.92. The molecule has 1 heterocycles. The van der Waals surface area contributed by atoms with E-state index in [-0.39, 0.29) is 29.0 Å². The Hall–Kier alpha value is -2.87. The number of nitrogens with one attached hydrogen (secondary N) is 1. The smallest absolute Gasteiger partial charge is 0.230 e. The van der Waals surface area contributed by atoms with Crippen LogP contribution in [-0.4, -0.2) is 46.1 Å². The number of aryl methyl sites for hydroxylation is 1. The third kappa shape index (κ3) is 4.76. The number of fused-ring (bicyclic) bond motifs is 1. The van der Waals surface area contributed by atoms with Gasteiger partial charge in [-0.1, -0.05) is 6.07 Å². The van der Waals surface area contributed by atoms with Crippen LogP contribution in [0.4, 0.5) is 17.1 Å². The second-order valence-corrected chi connectivity index (χ2v) is 11.7. The number of nitrogens with zero attached hydrogens (tertiary/aromatic N) is 2. The molecule has 0 bridgehead atoms. The third-order valence-corrected chi connectivity index (χ3v) is 8.58. The van der Waals surface area contributed by atoms with Crippen molar-refractivity contribution < 1.29 is 18.0 Å². The molecule has 7 nitrogen and oxygen atoms in total. The van der Waals surface area contributed by atoms with Crippen LogP contribution in [0.25, 0.3) is 0 Å². The number of carbonyl (C=O) groups excluding carboxylic acids is 2. The molecule has 1 atom stereocenters. The van der Waals surface area contributed by atoms with Gasteiger partial charge in [0, 0.05) is 50.0 Å². The van der Waals surface area contributed by atoms with Crippen molar-refractivity contribution in [3.8, 4) is 0 Å². The number of hydrogen-bond acceptors (Lipinski definition) is 5. The molecule has 0 aromatic heterocycles. The molecule has 0 radical (unpaired) electrons. The van der Waals surface area contributed by atoms with Crippen LogP contribution in [-0.2, 0) is 25.8 Å². The van der Waals surface area contributed by atoms with Crippen LogP contribution < -0.4 is 15.1 Å². The standard InChI is InChI=1S/C25H31N3O4S/c1-16-5-8-20(15-23(16)27(3)4)26-24(29)13-17(2)33(31,32)21-9-10-22-19(14-21)11-12-28(22)25(30)18-6-7-18/h5,8-10,14-15,17-18H,6-7,11-13H2,1-4H3,(H,26,29)/t17-/m1/s1. The lowest BCUT2D eigenvalue weighted by Gasteiger charge is -2.19. The number of sulfone groups is 1. The molecule has 1 N–H and O–H groups in total. The number of rotatable bonds is 7. The first-order chi connectivity index (χ1) is 15.6. The van der Waals surface area contributed by atoms with Gasteiger partial charge in [0.05, 0.1) is 10.1 Å². The van der Waals surface area contributed by atoms with Crippen molar-refractivity contribution in [1.29, 1.82) is 0 Å². The molecule has 2 amide bonds. The fraction of sp³-hybridized carbons (Fsp3) is 0.440. The van der Waals surface area contributed by atoms with Crippen molar-refractivity contribution in [3.63, 3.8) is 0 Å². The Labute approximate surface area is 195 Å². The van der Waals surface area contributed by atoms with Crippen molar-refractivity contribution >= 4 is 38.7 Å². The van der Waals surface area contributed by atoms with Crippen LogP contribution in [0, 0.1) is 12.8 Å². The zero-order valence-corrected chi connectivity index (χ0v) is 20.4. The monoisotopic (exact) mass is 469 g/mol. The van der Waals surface area contributed by atoms with Crippen LogP contribution in [0.5, 0.6) is 0 Å². The first kappa shape index (κ1) is 23.3. The van der Waals surface area contributed by atoms with Gasteiger partial charge in [0.15, 0.2) is 9.84 Å². The van der Waals surface area contributed by atoms with Gasteiger partial charge in [-0.2, -0.15) is 0 Å². The Balaban J connectivity index is 1.45. The molecule has 0 unspecified atom stereocenters. The fourth-order valence-electron chi connectivity index (χ4n) is 4.32. The highest BCUT2D eigenvalue weighted by Crippen LogP contribution is 2.37. The molecule has 2 aromatic carbocycles. The van der Waals surface area contributed by atoms with Crippen molar-refractivity contribution in [2.24, 2.45) is 5.92 Å². The molecule has 0 saturated heterocycles. The van der Waals surface area contributed by atoms with Gasteiger partial charge >= 0.3 is 0 Å². The van der Waals surface area contributed by atoms with E-state index in [0.717, 1.165) is 35.3 Å². The minimum atomic E-state index is -3.69. The molecular weight excluding hydrogens is 438 g/mol. The topological polar surface area (TPSA) is 86.8 Å². The van der Waals surface area contributed by atoms with E-state index in [1.807, 2.05) is 44.1 Å². The highest BCUT2D eigenvalue weighted by atomic mass is 32.2. The van der Waals surface area contributed by atoms with Gasteiger partial charge in [-0.3, -0.25) is 9.59 Å². The van der Waals surface area contributed by atoms with Crippen molar-refractivity contribution in [3.05, 3.63) is 47.5 Å². The Morgan fingerprint density at radius 2 is 1.88 bits per heavy atom. The lowest BCUT2D eigenvalue weighted by atomic mass is 10.1. The van der Waals surface area contributed by atoms with Gasteiger partial charge in [0.25, 0.3) is 0 Å². The summed E-state index contributed by atoms with van der Waals surface area (Å²) in [4.78, 5) is 29.0. The summed E-state index contributed by atoms with van der Waals surface area (Å²) < 4.78 is 26.3. The normalized spacial score (nSPS) is 16.3. The average Bonchev–Trinajstić information content (AvgIpc) is 3.53. The minimum Gasteiger partial charge on any atom is -0.377 e. The van der Waals surface area contributed by atoms with Gasteiger partial charge in [-0.25, -0.2) is 8.42 Å². The fourth-order valence-corrected chi connectivity index (χ4v) is 5.72. The molecular formula is C25H31N3O4S. The number of carbonyl (C=O) groups is 2. The van der Waals surface area contributed by atoms with Crippen LogP contribution >= 0.6 is 0 Å². The summed E-state index contributed by atoms with van der Waals surface area (Å²) in [5.41, 5.74) is 4.39. The second kappa shape index (κ2) is 8.82. The van der Waals surface area contributed by atoms with Crippen LogP contribution in [0.15, 0.2) is 41.3 Å². The van der Waals surface area contributed by atoms with Crippen LogP contribution in [0.1, 0.15) is 37.3 Å². The maximum Gasteiger partial charge on any atom is 0.230 e. The van der Waals surface area contributed by atoms with Crippen molar-refractivity contribution in [1.82, 2.24) is 0 Å². The molecule has 8 heteroatoms. The van der Waals surface area contributed by atoms with E-state index in [9.17, 15) is 18.0 Å². The summed E-state index contributed by atoms with van der Waals surface area (Å²) in [7, 11) is 0.171. The molecule has 1 saturated carbocycles. The summed E-state index contributed by atoms with van der Waals surface area (Å²) >= 11 is 0. The molecule has 1 fully saturated rings.